The van der Waals surface area contributed by atoms with E-state index in [9.17, 15) is 0 Å². The molecule has 2 nitrogen and oxygen atoms in total. The molecule has 0 spiro atoms. The zero-order valence-corrected chi connectivity index (χ0v) is 12.3. The predicted octanol–water partition coefficient (Wildman–Crippen LogP) is 2.69. The van der Waals surface area contributed by atoms with Gasteiger partial charge >= 0.3 is 0 Å². The van der Waals surface area contributed by atoms with Crippen LogP contribution in [-0.2, 0) is 0 Å². The van der Waals surface area contributed by atoms with Crippen molar-refractivity contribution in [1.29, 1.82) is 0 Å². The lowest BCUT2D eigenvalue weighted by molar-refractivity contribution is 0.156. The number of hydrogen-bond acceptors (Lipinski definition) is 3. The first kappa shape index (κ1) is 13.7. The van der Waals surface area contributed by atoms with Gasteiger partial charge in [-0.05, 0) is 52.4 Å². The van der Waals surface area contributed by atoms with E-state index in [2.05, 4.69) is 35.5 Å². The highest BCUT2D eigenvalue weighted by molar-refractivity contribution is 7.99. The molecule has 100 valence electrons. The van der Waals surface area contributed by atoms with Crippen molar-refractivity contribution in [3.8, 4) is 0 Å². The predicted molar refractivity (Wildman–Crippen MR) is 77.9 cm³/mol. The zero-order chi connectivity index (χ0) is 12.1. The third kappa shape index (κ3) is 4.46. The quantitative estimate of drug-likeness (QED) is 0.766. The van der Waals surface area contributed by atoms with Crippen molar-refractivity contribution in [2.75, 3.05) is 39.0 Å². The van der Waals surface area contributed by atoms with E-state index in [1.54, 1.807) is 0 Å². The Morgan fingerprint density at radius 3 is 2.82 bits per heavy atom. The molecular formula is C14H28N2S. The van der Waals surface area contributed by atoms with E-state index in [4.69, 9.17) is 0 Å². The molecule has 0 unspecified atom stereocenters. The van der Waals surface area contributed by atoms with E-state index in [0.717, 1.165) is 11.3 Å². The van der Waals surface area contributed by atoms with Crippen molar-refractivity contribution >= 4 is 11.8 Å². The molecule has 0 aromatic heterocycles. The van der Waals surface area contributed by atoms with Crippen LogP contribution in [0.1, 0.15) is 39.0 Å². The summed E-state index contributed by atoms with van der Waals surface area (Å²) in [6, 6.07) is 0.858. The summed E-state index contributed by atoms with van der Waals surface area (Å²) in [4.78, 5) is 5.28. The van der Waals surface area contributed by atoms with Crippen LogP contribution < -0.4 is 0 Å². The first-order valence-corrected chi connectivity index (χ1v) is 8.35. The average Bonchev–Trinajstić information content (AvgIpc) is 2.53. The van der Waals surface area contributed by atoms with Gasteiger partial charge in [0.1, 0.15) is 0 Å². The van der Waals surface area contributed by atoms with Crippen LogP contribution in [-0.4, -0.2) is 60.1 Å². The van der Waals surface area contributed by atoms with E-state index < -0.39 is 0 Å². The van der Waals surface area contributed by atoms with Crippen LogP contribution in [0.25, 0.3) is 0 Å². The molecule has 0 aromatic carbocycles. The molecule has 0 amide bonds. The number of thioether (sulfide) groups is 1. The van der Waals surface area contributed by atoms with E-state index in [-0.39, 0.29) is 0 Å². The Labute approximate surface area is 111 Å². The third-order valence-corrected chi connectivity index (χ3v) is 5.58. The van der Waals surface area contributed by atoms with Crippen LogP contribution >= 0.6 is 11.8 Å². The van der Waals surface area contributed by atoms with Gasteiger partial charge in [-0.15, -0.1) is 0 Å². The van der Waals surface area contributed by atoms with Gasteiger partial charge in [-0.3, -0.25) is 0 Å². The second-order valence-corrected chi connectivity index (χ2v) is 7.28. The highest BCUT2D eigenvalue weighted by Gasteiger charge is 2.20. The fraction of sp³-hybridized carbons (Fsp3) is 1.00. The smallest absolute Gasteiger partial charge is 0.0104 e. The minimum Gasteiger partial charge on any atom is -0.303 e. The molecule has 0 aromatic rings. The van der Waals surface area contributed by atoms with E-state index in [1.807, 2.05) is 0 Å². The summed E-state index contributed by atoms with van der Waals surface area (Å²) in [5.41, 5.74) is 0. The maximum Gasteiger partial charge on any atom is 0.0104 e. The Bertz CT molecular complexity index is 222. The molecule has 2 fully saturated rings. The third-order valence-electron chi connectivity index (χ3n) is 4.36. The molecule has 2 aliphatic rings. The minimum atomic E-state index is 0.858. The molecule has 2 atom stereocenters. The second kappa shape index (κ2) is 7.01. The molecule has 0 saturated carbocycles. The summed E-state index contributed by atoms with van der Waals surface area (Å²) in [6.45, 7) is 7.65. The van der Waals surface area contributed by atoms with Gasteiger partial charge in [0.15, 0.2) is 0 Å². The summed E-state index contributed by atoms with van der Waals surface area (Å²) in [6.07, 6.45) is 7.04. The van der Waals surface area contributed by atoms with Gasteiger partial charge in [-0.25, -0.2) is 0 Å². The summed E-state index contributed by atoms with van der Waals surface area (Å²) in [5, 5.41) is 0.873. The monoisotopic (exact) mass is 256 g/mol. The topological polar surface area (TPSA) is 6.48 Å². The lowest BCUT2D eigenvalue weighted by atomic mass is 10.00. The molecule has 2 saturated heterocycles. The molecule has 0 bridgehead atoms. The Morgan fingerprint density at radius 1 is 1.12 bits per heavy atom. The first-order chi connectivity index (χ1) is 8.25. The molecule has 0 N–H and O–H groups in total. The zero-order valence-electron chi connectivity index (χ0n) is 11.5. The fourth-order valence-corrected chi connectivity index (χ4v) is 4.04. The van der Waals surface area contributed by atoms with E-state index in [1.165, 1.54) is 64.0 Å². The largest absolute Gasteiger partial charge is 0.303 e. The van der Waals surface area contributed by atoms with Crippen LogP contribution in [0.4, 0.5) is 0 Å². The lowest BCUT2D eigenvalue weighted by Gasteiger charge is -2.34. The van der Waals surface area contributed by atoms with Crippen molar-refractivity contribution in [2.24, 2.45) is 0 Å². The van der Waals surface area contributed by atoms with Gasteiger partial charge in [-0.2, -0.15) is 11.8 Å². The van der Waals surface area contributed by atoms with E-state index in [0.29, 0.717) is 0 Å². The maximum atomic E-state index is 2.69. The van der Waals surface area contributed by atoms with Crippen molar-refractivity contribution in [3.63, 3.8) is 0 Å². The number of hydrogen-bond donors (Lipinski definition) is 0. The lowest BCUT2D eigenvalue weighted by Crippen LogP contribution is -2.39. The van der Waals surface area contributed by atoms with Crippen LogP contribution in [0.2, 0.25) is 0 Å². The SMILES string of the molecule is C[C@@H]1CCN(CC[C@@H]2CCCCN2C)CCS1. The number of nitrogens with zero attached hydrogens (tertiary/aromatic N) is 2. The van der Waals surface area contributed by atoms with Crippen LogP contribution in [0.5, 0.6) is 0 Å². The standard InChI is InChI=1S/C14H28N2S/c1-13-6-9-16(11-12-17-13)10-7-14-5-3-4-8-15(14)2/h13-14H,3-12H2,1-2H3/t13-,14+/m1/s1. The average molecular weight is 256 g/mol. The second-order valence-electron chi connectivity index (χ2n) is 5.73. The normalized spacial score (nSPS) is 33.5. The molecule has 17 heavy (non-hydrogen) atoms. The molecule has 2 rings (SSSR count). The van der Waals surface area contributed by atoms with Gasteiger partial charge in [0.2, 0.25) is 0 Å². The Hall–Kier alpha value is 0.270. The Balaban J connectivity index is 1.69. The van der Waals surface area contributed by atoms with Gasteiger partial charge in [-0.1, -0.05) is 13.3 Å². The molecule has 0 aliphatic carbocycles. The van der Waals surface area contributed by atoms with Gasteiger partial charge in [0, 0.05) is 23.6 Å². The van der Waals surface area contributed by atoms with Crippen LogP contribution in [0.3, 0.4) is 0 Å². The first-order valence-electron chi connectivity index (χ1n) is 7.30. The minimum absolute atomic E-state index is 0.858. The summed E-state index contributed by atoms with van der Waals surface area (Å²) in [7, 11) is 2.31. The molecular weight excluding hydrogens is 228 g/mol. The van der Waals surface area contributed by atoms with Crippen molar-refractivity contribution in [1.82, 2.24) is 9.80 Å². The maximum absolute atomic E-state index is 2.69. The number of rotatable bonds is 3. The molecule has 2 heterocycles. The molecule has 2 aliphatic heterocycles. The number of piperidine rings is 1. The Morgan fingerprint density at radius 2 is 2.00 bits per heavy atom. The Kier molecular flexibility index (Phi) is 5.64. The van der Waals surface area contributed by atoms with Crippen molar-refractivity contribution in [2.45, 2.75) is 50.3 Å². The van der Waals surface area contributed by atoms with E-state index >= 15 is 0 Å². The van der Waals surface area contributed by atoms with Crippen LogP contribution in [0.15, 0.2) is 0 Å². The summed E-state index contributed by atoms with van der Waals surface area (Å²) >= 11 is 2.15. The van der Waals surface area contributed by atoms with Crippen molar-refractivity contribution < 1.29 is 0 Å². The molecule has 0 radical (unpaired) electrons. The highest BCUT2D eigenvalue weighted by Crippen LogP contribution is 2.21. The summed E-state index contributed by atoms with van der Waals surface area (Å²) in [5.74, 6) is 1.33. The van der Waals surface area contributed by atoms with Gasteiger partial charge in [0.25, 0.3) is 0 Å². The summed E-state index contributed by atoms with van der Waals surface area (Å²) < 4.78 is 0. The van der Waals surface area contributed by atoms with Crippen molar-refractivity contribution in [3.05, 3.63) is 0 Å². The van der Waals surface area contributed by atoms with Gasteiger partial charge < -0.3 is 9.80 Å². The van der Waals surface area contributed by atoms with Crippen LogP contribution in [0, 0.1) is 0 Å². The highest BCUT2D eigenvalue weighted by atomic mass is 32.2. The number of likely N-dealkylation sites (tertiary alicyclic amines) is 1. The van der Waals surface area contributed by atoms with Gasteiger partial charge in [0.05, 0.1) is 0 Å². The fourth-order valence-electron chi connectivity index (χ4n) is 3.01. The molecule has 3 heteroatoms.